The van der Waals surface area contributed by atoms with Crippen molar-refractivity contribution in [3.63, 3.8) is 0 Å². The molecule has 0 bridgehead atoms. The van der Waals surface area contributed by atoms with E-state index in [1.54, 1.807) is 17.6 Å². The first kappa shape index (κ1) is 19.4. The number of hydroxylamine groups is 1. The Kier molecular flexibility index (Phi) is 5.85. The lowest BCUT2D eigenvalue weighted by Crippen LogP contribution is -2.60. The maximum Gasteiger partial charge on any atom is 0.274 e. The summed E-state index contributed by atoms with van der Waals surface area (Å²) >= 11 is 0. The molecule has 1 aromatic carbocycles. The molecule has 1 fully saturated rings. The van der Waals surface area contributed by atoms with Crippen LogP contribution >= 0.6 is 0 Å². The van der Waals surface area contributed by atoms with E-state index in [9.17, 15) is 9.59 Å². The topological polar surface area (TPSA) is 72.9 Å². The van der Waals surface area contributed by atoms with Crippen LogP contribution in [-0.2, 0) is 11.3 Å². The first-order chi connectivity index (χ1) is 11.6. The third kappa shape index (κ3) is 4.58. The highest BCUT2D eigenvalue weighted by Gasteiger charge is 2.37. The lowest BCUT2D eigenvalue weighted by molar-refractivity contribution is -0.147. The van der Waals surface area contributed by atoms with Gasteiger partial charge in [-0.1, -0.05) is 32.9 Å². The number of carbonyl (C=O) groups excluding carboxylic acids is 2. The van der Waals surface area contributed by atoms with Crippen LogP contribution in [0.15, 0.2) is 24.3 Å². The van der Waals surface area contributed by atoms with Gasteiger partial charge in [0, 0.05) is 42.7 Å². The number of hydrogen-bond donors (Lipinski definition) is 2. The number of nitrogens with zero attached hydrogens (tertiary/aromatic N) is 2. The third-order valence-corrected chi connectivity index (χ3v) is 4.59. The minimum absolute atomic E-state index is 0.162. The highest BCUT2D eigenvalue weighted by molar-refractivity contribution is 5.93. The second-order valence-electron chi connectivity index (χ2n) is 7.99. The van der Waals surface area contributed by atoms with Crippen LogP contribution in [0.4, 0.5) is 0 Å². The maximum absolute atomic E-state index is 12.7. The van der Waals surface area contributed by atoms with Gasteiger partial charge in [0.1, 0.15) is 0 Å². The molecule has 6 heteroatoms. The molecule has 1 saturated heterocycles. The summed E-state index contributed by atoms with van der Waals surface area (Å²) in [7, 11) is 0. The van der Waals surface area contributed by atoms with Gasteiger partial charge in [-0.2, -0.15) is 0 Å². The summed E-state index contributed by atoms with van der Waals surface area (Å²) in [4.78, 5) is 28.4. The predicted molar refractivity (Wildman–Crippen MR) is 96.2 cm³/mol. The lowest BCUT2D eigenvalue weighted by Gasteiger charge is -2.46. The van der Waals surface area contributed by atoms with Crippen molar-refractivity contribution in [3.8, 4) is 0 Å². The van der Waals surface area contributed by atoms with Crippen LogP contribution < -0.4 is 5.48 Å². The van der Waals surface area contributed by atoms with Crippen LogP contribution in [0.1, 0.15) is 50.5 Å². The SMILES string of the molecule is C[C@@H]1CN(Cc2ccc(C(=O)NO)cc2)C[C@H](C)N1C(=O)C(C)(C)C. The molecule has 2 rings (SSSR count). The molecule has 0 aromatic heterocycles. The first-order valence-corrected chi connectivity index (χ1v) is 8.72. The molecule has 1 aromatic rings. The second-order valence-corrected chi connectivity index (χ2v) is 7.99. The summed E-state index contributed by atoms with van der Waals surface area (Å²) in [5.41, 5.74) is 2.79. The van der Waals surface area contributed by atoms with E-state index in [4.69, 9.17) is 5.21 Å². The van der Waals surface area contributed by atoms with Crippen LogP contribution in [0.3, 0.4) is 0 Å². The van der Waals surface area contributed by atoms with Gasteiger partial charge in [0.25, 0.3) is 5.91 Å². The van der Waals surface area contributed by atoms with Crippen molar-refractivity contribution in [2.75, 3.05) is 13.1 Å². The zero-order valence-electron chi connectivity index (χ0n) is 15.7. The molecule has 0 saturated carbocycles. The van der Waals surface area contributed by atoms with Gasteiger partial charge in [0.15, 0.2) is 0 Å². The molecule has 0 spiro atoms. The molecule has 0 radical (unpaired) electrons. The number of amides is 2. The second kappa shape index (κ2) is 7.54. The third-order valence-electron chi connectivity index (χ3n) is 4.59. The zero-order chi connectivity index (χ0) is 18.8. The Bertz CT molecular complexity index is 610. The van der Waals surface area contributed by atoms with E-state index in [2.05, 4.69) is 18.7 Å². The van der Waals surface area contributed by atoms with Crippen molar-refractivity contribution < 1.29 is 14.8 Å². The normalized spacial score (nSPS) is 21.9. The van der Waals surface area contributed by atoms with Crippen molar-refractivity contribution in [1.29, 1.82) is 0 Å². The highest BCUT2D eigenvalue weighted by atomic mass is 16.5. The summed E-state index contributed by atoms with van der Waals surface area (Å²) < 4.78 is 0. The van der Waals surface area contributed by atoms with Gasteiger partial charge in [0.2, 0.25) is 5.91 Å². The van der Waals surface area contributed by atoms with E-state index in [0.29, 0.717) is 5.56 Å². The number of piperazine rings is 1. The van der Waals surface area contributed by atoms with Crippen LogP contribution in [0, 0.1) is 5.41 Å². The van der Waals surface area contributed by atoms with Crippen LogP contribution in [0.5, 0.6) is 0 Å². The Hall–Kier alpha value is -1.92. The lowest BCUT2D eigenvalue weighted by atomic mass is 9.92. The van der Waals surface area contributed by atoms with E-state index in [-0.39, 0.29) is 23.4 Å². The molecular formula is C19H29N3O3. The number of nitrogens with one attached hydrogen (secondary N) is 1. The van der Waals surface area contributed by atoms with Crippen LogP contribution in [-0.4, -0.2) is 52.0 Å². The minimum atomic E-state index is -0.511. The quantitative estimate of drug-likeness (QED) is 0.650. The van der Waals surface area contributed by atoms with Crippen molar-refractivity contribution in [3.05, 3.63) is 35.4 Å². The van der Waals surface area contributed by atoms with Gasteiger partial charge in [0.05, 0.1) is 0 Å². The average molecular weight is 347 g/mol. The van der Waals surface area contributed by atoms with Crippen molar-refractivity contribution in [2.45, 2.75) is 53.2 Å². The minimum Gasteiger partial charge on any atom is -0.334 e. The Morgan fingerprint density at radius 3 is 2.08 bits per heavy atom. The molecule has 6 nitrogen and oxygen atoms in total. The number of hydrogen-bond acceptors (Lipinski definition) is 4. The van der Waals surface area contributed by atoms with Crippen molar-refractivity contribution in [2.24, 2.45) is 5.41 Å². The largest absolute Gasteiger partial charge is 0.334 e. The Morgan fingerprint density at radius 2 is 1.64 bits per heavy atom. The van der Waals surface area contributed by atoms with E-state index in [0.717, 1.165) is 25.2 Å². The number of carbonyl (C=O) groups is 2. The molecule has 1 aliphatic rings. The van der Waals surface area contributed by atoms with Crippen molar-refractivity contribution >= 4 is 11.8 Å². The molecular weight excluding hydrogens is 318 g/mol. The summed E-state index contributed by atoms with van der Waals surface area (Å²) in [6.45, 7) is 12.5. The fraction of sp³-hybridized carbons (Fsp3) is 0.579. The summed E-state index contributed by atoms with van der Waals surface area (Å²) in [5.74, 6) is -0.311. The standard InChI is InChI=1S/C19H29N3O3/c1-13-10-21(11-14(2)22(13)18(24)19(3,4)5)12-15-6-8-16(9-7-15)17(23)20-25/h6-9,13-14,25H,10-12H2,1-5H3,(H,20,23)/t13-,14+. The molecule has 2 N–H and O–H groups in total. The zero-order valence-corrected chi connectivity index (χ0v) is 15.7. The Labute approximate surface area is 149 Å². The van der Waals surface area contributed by atoms with Gasteiger partial charge in [-0.3, -0.25) is 19.7 Å². The molecule has 1 aliphatic heterocycles. The highest BCUT2D eigenvalue weighted by Crippen LogP contribution is 2.25. The van der Waals surface area contributed by atoms with Gasteiger partial charge in [-0.05, 0) is 31.5 Å². The van der Waals surface area contributed by atoms with E-state index < -0.39 is 5.91 Å². The van der Waals surface area contributed by atoms with E-state index >= 15 is 0 Å². The van der Waals surface area contributed by atoms with E-state index in [1.807, 2.05) is 37.8 Å². The maximum atomic E-state index is 12.7. The van der Waals surface area contributed by atoms with Gasteiger partial charge < -0.3 is 4.90 Å². The van der Waals surface area contributed by atoms with E-state index in [1.165, 1.54) is 0 Å². The summed E-state index contributed by atoms with van der Waals surface area (Å²) in [5, 5.41) is 8.66. The molecule has 0 unspecified atom stereocenters. The number of rotatable bonds is 3. The van der Waals surface area contributed by atoms with Gasteiger partial charge in [-0.25, -0.2) is 5.48 Å². The van der Waals surface area contributed by atoms with Gasteiger partial charge in [-0.15, -0.1) is 0 Å². The number of benzene rings is 1. The summed E-state index contributed by atoms with van der Waals surface area (Å²) in [6.07, 6.45) is 0. The average Bonchev–Trinajstić information content (AvgIpc) is 2.53. The Balaban J connectivity index is 2.02. The predicted octanol–water partition coefficient (Wildman–Crippen LogP) is 2.27. The van der Waals surface area contributed by atoms with Crippen LogP contribution in [0.25, 0.3) is 0 Å². The molecule has 2 atom stereocenters. The fourth-order valence-electron chi connectivity index (χ4n) is 3.43. The first-order valence-electron chi connectivity index (χ1n) is 8.72. The van der Waals surface area contributed by atoms with Crippen molar-refractivity contribution in [1.82, 2.24) is 15.3 Å². The van der Waals surface area contributed by atoms with Crippen LogP contribution in [0.2, 0.25) is 0 Å². The monoisotopic (exact) mass is 347 g/mol. The molecule has 138 valence electrons. The van der Waals surface area contributed by atoms with Gasteiger partial charge >= 0.3 is 0 Å². The molecule has 1 heterocycles. The fourth-order valence-corrected chi connectivity index (χ4v) is 3.43. The molecule has 2 amide bonds. The Morgan fingerprint density at radius 1 is 1.12 bits per heavy atom. The smallest absolute Gasteiger partial charge is 0.274 e. The molecule has 25 heavy (non-hydrogen) atoms. The molecule has 0 aliphatic carbocycles. The summed E-state index contributed by atoms with van der Waals surface area (Å²) in [6, 6.07) is 7.52.